The van der Waals surface area contributed by atoms with Crippen molar-refractivity contribution in [3.05, 3.63) is 412 Å². The van der Waals surface area contributed by atoms with Crippen LogP contribution < -0.4 is 9.80 Å². The molecule has 108 heavy (non-hydrogen) atoms. The highest BCUT2D eigenvalue weighted by Crippen LogP contribution is 2.52. The molecule has 2 unspecified atom stereocenters. The van der Waals surface area contributed by atoms with Crippen LogP contribution in [0.4, 0.5) is 28.4 Å². The average Bonchev–Trinajstić information content (AvgIpc) is 1.57. The standard InChI is InChI=1S/C102H68N6/c1-7-25-75(26-8-1)103(76-27-9-2-10-28-76)81-50-42-67(43-51-81)69-45-53-99-90(59-69)92-66-101-91(65-102(92)107(99)80-35-17-6-18-36-80)84-39-20-22-41-94(84)108(101)82-37-23-24-68(58-82)74-44-52-85-87-61-71(47-55-96(87)106(100(85)64-74)79-33-15-5-16-34-79)73-49-57-98-89(63-73)88-62-72(48-56-97(88)105(98)78-31-13-4-14-32-78)70-46-54-95-86(60-70)83-38-19-21-40-93(83)104(95)77-29-11-3-12-30-77/h1-66,87,96H. The molecule has 1 aliphatic heterocycles. The molecular formula is C102H68N6. The topological polar surface area (TPSA) is 26.2 Å². The summed E-state index contributed by atoms with van der Waals surface area (Å²) in [7, 11) is 0. The number of nitrogens with zero attached hydrogens (tertiary/aromatic N) is 6. The Balaban J connectivity index is 0.637. The van der Waals surface area contributed by atoms with Crippen molar-refractivity contribution in [1.29, 1.82) is 0 Å². The number of allylic oxidation sites excluding steroid dienone is 2. The first-order chi connectivity index (χ1) is 53.6. The lowest BCUT2D eigenvalue weighted by Gasteiger charge is -2.30. The first-order valence-electron chi connectivity index (χ1n) is 37.4. The second-order valence-corrected chi connectivity index (χ2v) is 28.8. The molecule has 22 rings (SSSR count). The van der Waals surface area contributed by atoms with Gasteiger partial charge in [0, 0.05) is 100 Å². The van der Waals surface area contributed by atoms with Crippen LogP contribution in [0.2, 0.25) is 0 Å². The van der Waals surface area contributed by atoms with Crippen molar-refractivity contribution in [2.24, 2.45) is 0 Å². The first-order valence-corrected chi connectivity index (χ1v) is 37.4. The molecule has 2 atom stereocenters. The molecule has 0 radical (unpaired) electrons. The number of fused-ring (bicyclic) bond motifs is 15. The zero-order valence-corrected chi connectivity index (χ0v) is 58.9. The van der Waals surface area contributed by atoms with E-state index in [4.69, 9.17) is 0 Å². The normalized spacial score (nSPS) is 14.1. The fourth-order valence-electron chi connectivity index (χ4n) is 17.9. The quantitative estimate of drug-likeness (QED) is 0.122. The van der Waals surface area contributed by atoms with Crippen LogP contribution in [0, 0.1) is 0 Å². The Morgan fingerprint density at radius 2 is 0.574 bits per heavy atom. The number of aromatic nitrogens is 4. The monoisotopic (exact) mass is 1380 g/mol. The molecule has 5 heterocycles. The molecule has 2 aliphatic rings. The number of rotatable bonds is 12. The highest BCUT2D eigenvalue weighted by Gasteiger charge is 2.39. The Morgan fingerprint density at radius 1 is 0.222 bits per heavy atom. The minimum atomic E-state index is 0.0767. The molecule has 16 aromatic carbocycles. The van der Waals surface area contributed by atoms with Gasteiger partial charge in [0.05, 0.1) is 50.2 Å². The van der Waals surface area contributed by atoms with Crippen molar-refractivity contribution in [2.75, 3.05) is 9.80 Å². The fraction of sp³-hybridized carbons (Fsp3) is 0.0196. The van der Waals surface area contributed by atoms with Gasteiger partial charge >= 0.3 is 0 Å². The van der Waals surface area contributed by atoms with Crippen LogP contribution in [0.5, 0.6) is 0 Å². The smallest absolute Gasteiger partial charge is 0.0630 e. The number of benzene rings is 16. The molecule has 6 nitrogen and oxygen atoms in total. The molecule has 6 heteroatoms. The maximum absolute atomic E-state index is 2.57. The second-order valence-electron chi connectivity index (χ2n) is 28.8. The lowest BCUT2D eigenvalue weighted by atomic mass is 9.85. The van der Waals surface area contributed by atoms with Crippen molar-refractivity contribution in [2.45, 2.75) is 12.0 Å². The third-order valence-corrected chi connectivity index (χ3v) is 22.8. The SMILES string of the molecule is C1=CC2C(C=C1c1ccc3c(c1)c1cc(-c4ccc5c(c4)c4ccccc4n5-c4ccccc4)ccc1n3-c1ccccc1)c1ccc(-c3cccc(-n4c5ccccc5c5cc6c(cc54)c4cc(-c5ccc(N(c7ccccc7)c7ccccc7)cc5)ccc4n6-c4ccccc4)c3)cc1N2c1ccccc1. The van der Waals surface area contributed by atoms with Crippen LogP contribution in [0.25, 0.3) is 149 Å². The van der Waals surface area contributed by atoms with Gasteiger partial charge in [0.25, 0.3) is 0 Å². The van der Waals surface area contributed by atoms with Gasteiger partial charge < -0.3 is 28.1 Å². The molecule has 0 saturated carbocycles. The van der Waals surface area contributed by atoms with Crippen LogP contribution in [0.15, 0.2) is 400 Å². The molecule has 20 aromatic rings. The predicted molar refractivity (Wildman–Crippen MR) is 453 cm³/mol. The summed E-state index contributed by atoms with van der Waals surface area (Å²) >= 11 is 0. The fourth-order valence-corrected chi connectivity index (χ4v) is 17.9. The number of para-hydroxylation sites is 8. The van der Waals surface area contributed by atoms with E-state index in [1.54, 1.807) is 0 Å². The van der Waals surface area contributed by atoms with Crippen LogP contribution in [-0.4, -0.2) is 24.3 Å². The molecule has 0 spiro atoms. The number of hydrogen-bond acceptors (Lipinski definition) is 2. The summed E-state index contributed by atoms with van der Waals surface area (Å²) in [6, 6.07) is 141. The molecule has 0 N–H and O–H groups in total. The minimum absolute atomic E-state index is 0.0767. The van der Waals surface area contributed by atoms with Gasteiger partial charge in [-0.15, -0.1) is 0 Å². The van der Waals surface area contributed by atoms with E-state index >= 15 is 0 Å². The van der Waals surface area contributed by atoms with Gasteiger partial charge in [-0.3, -0.25) is 0 Å². The van der Waals surface area contributed by atoms with Crippen LogP contribution >= 0.6 is 0 Å². The van der Waals surface area contributed by atoms with E-state index in [1.165, 1.54) is 132 Å². The van der Waals surface area contributed by atoms with E-state index in [0.29, 0.717) is 0 Å². The highest BCUT2D eigenvalue weighted by molar-refractivity contribution is 6.20. The third-order valence-electron chi connectivity index (χ3n) is 22.8. The van der Waals surface area contributed by atoms with Crippen molar-refractivity contribution in [1.82, 2.24) is 18.3 Å². The number of anilines is 5. The van der Waals surface area contributed by atoms with Gasteiger partial charge in [-0.1, -0.05) is 224 Å². The van der Waals surface area contributed by atoms with Crippen LogP contribution in [0.1, 0.15) is 17.0 Å². The van der Waals surface area contributed by atoms with E-state index in [0.717, 1.165) is 56.5 Å². The van der Waals surface area contributed by atoms with Crippen molar-refractivity contribution in [3.63, 3.8) is 0 Å². The lowest BCUT2D eigenvalue weighted by molar-refractivity contribution is 0.747. The molecule has 0 amide bonds. The van der Waals surface area contributed by atoms with Gasteiger partial charge in [0.15, 0.2) is 0 Å². The Morgan fingerprint density at radius 3 is 1.10 bits per heavy atom. The summed E-state index contributed by atoms with van der Waals surface area (Å²) in [5.41, 5.74) is 30.5. The molecule has 0 fully saturated rings. The summed E-state index contributed by atoms with van der Waals surface area (Å²) in [5, 5.41) is 9.77. The van der Waals surface area contributed by atoms with Gasteiger partial charge in [-0.2, -0.15) is 0 Å². The van der Waals surface area contributed by atoms with E-state index in [9.17, 15) is 0 Å². The minimum Gasteiger partial charge on any atom is -0.333 e. The Hall–Kier alpha value is -14.2. The van der Waals surface area contributed by atoms with Gasteiger partial charge in [-0.05, 0) is 226 Å². The lowest BCUT2D eigenvalue weighted by Crippen LogP contribution is -2.28. The average molecular weight is 1380 g/mol. The Bertz CT molecular complexity index is 6990. The van der Waals surface area contributed by atoms with Crippen molar-refractivity contribution >= 4 is 121 Å². The van der Waals surface area contributed by atoms with Gasteiger partial charge in [0.2, 0.25) is 0 Å². The summed E-state index contributed by atoms with van der Waals surface area (Å²) in [5.74, 6) is 0.103. The van der Waals surface area contributed by atoms with Crippen molar-refractivity contribution in [3.8, 4) is 56.1 Å². The highest BCUT2D eigenvalue weighted by atomic mass is 15.2. The Kier molecular flexibility index (Phi) is 14.0. The van der Waals surface area contributed by atoms with Gasteiger partial charge in [0.1, 0.15) is 0 Å². The van der Waals surface area contributed by atoms with E-state index in [-0.39, 0.29) is 12.0 Å². The zero-order valence-electron chi connectivity index (χ0n) is 58.9. The zero-order chi connectivity index (χ0) is 70.9. The molecular weight excluding hydrogens is 1310 g/mol. The summed E-state index contributed by atoms with van der Waals surface area (Å²) in [6.07, 6.45) is 7.37. The second kappa shape index (κ2) is 24.7. The summed E-state index contributed by atoms with van der Waals surface area (Å²) in [6.45, 7) is 0. The maximum Gasteiger partial charge on any atom is 0.0630 e. The number of hydrogen-bond donors (Lipinski definition) is 0. The molecule has 4 aromatic heterocycles. The largest absolute Gasteiger partial charge is 0.333 e. The van der Waals surface area contributed by atoms with Crippen LogP contribution in [0.3, 0.4) is 0 Å². The third kappa shape index (κ3) is 9.81. The van der Waals surface area contributed by atoms with E-state index in [1.807, 2.05) is 0 Å². The summed E-state index contributed by atoms with van der Waals surface area (Å²) < 4.78 is 9.77. The molecule has 0 saturated heterocycles. The first kappa shape index (κ1) is 61.3. The molecule has 506 valence electrons. The summed E-state index contributed by atoms with van der Waals surface area (Å²) in [4.78, 5) is 4.89. The van der Waals surface area contributed by atoms with E-state index < -0.39 is 0 Å². The molecule has 0 bridgehead atoms. The van der Waals surface area contributed by atoms with Crippen molar-refractivity contribution < 1.29 is 0 Å². The van der Waals surface area contributed by atoms with E-state index in [2.05, 4.69) is 428 Å². The maximum atomic E-state index is 2.57. The van der Waals surface area contributed by atoms with Crippen LogP contribution in [-0.2, 0) is 0 Å². The molecule has 1 aliphatic carbocycles. The Labute approximate surface area is 625 Å². The predicted octanol–water partition coefficient (Wildman–Crippen LogP) is 26.8. The van der Waals surface area contributed by atoms with Gasteiger partial charge in [-0.25, -0.2) is 0 Å².